The van der Waals surface area contributed by atoms with E-state index in [-0.39, 0.29) is 22.6 Å². The number of halogens is 1. The summed E-state index contributed by atoms with van der Waals surface area (Å²) in [5.41, 5.74) is 1.12. The van der Waals surface area contributed by atoms with Gasteiger partial charge in [-0.05, 0) is 63.7 Å². The fourth-order valence-corrected chi connectivity index (χ4v) is 4.64. The van der Waals surface area contributed by atoms with Crippen molar-refractivity contribution < 1.29 is 9.90 Å². The molecule has 1 aromatic carbocycles. The zero-order chi connectivity index (χ0) is 21.5. The maximum atomic E-state index is 12.9. The van der Waals surface area contributed by atoms with Crippen LogP contribution in [-0.4, -0.2) is 26.9 Å². The van der Waals surface area contributed by atoms with E-state index in [4.69, 9.17) is 0 Å². The summed E-state index contributed by atoms with van der Waals surface area (Å²) in [5, 5.41) is 17.0. The van der Waals surface area contributed by atoms with Gasteiger partial charge in [-0.25, -0.2) is 4.79 Å². The highest BCUT2D eigenvalue weighted by Gasteiger charge is 2.43. The average molecular weight is 462 g/mol. The Balaban J connectivity index is 1.90. The number of aromatic carboxylic acids is 1. The summed E-state index contributed by atoms with van der Waals surface area (Å²) in [4.78, 5) is 24.1. The molecular formula is C22H28BrN3O3. The monoisotopic (exact) mass is 461 g/mol. The minimum Gasteiger partial charge on any atom is -0.478 e. The molecule has 7 heteroatoms. The van der Waals surface area contributed by atoms with Gasteiger partial charge in [0.1, 0.15) is 4.47 Å². The first kappa shape index (κ1) is 21.6. The summed E-state index contributed by atoms with van der Waals surface area (Å²) in [5.74, 6) is 0.490. The summed E-state index contributed by atoms with van der Waals surface area (Å²) in [7, 11) is 0. The number of carboxylic acids is 1. The van der Waals surface area contributed by atoms with E-state index >= 15 is 0 Å². The fourth-order valence-electron chi connectivity index (χ4n) is 4.25. The van der Waals surface area contributed by atoms with Crippen LogP contribution in [0, 0.1) is 23.2 Å². The van der Waals surface area contributed by atoms with E-state index in [1.165, 1.54) is 16.8 Å². The quantitative estimate of drug-likeness (QED) is 0.681. The summed E-state index contributed by atoms with van der Waals surface area (Å²) < 4.78 is 1.60. The molecule has 3 rings (SSSR count). The topological polar surface area (TPSA) is 84.2 Å². The number of anilines is 1. The Bertz CT molecular complexity index is 986. The molecule has 2 aromatic rings. The zero-order valence-corrected chi connectivity index (χ0v) is 19.0. The normalized spacial score (nSPS) is 26.1. The van der Waals surface area contributed by atoms with Crippen molar-refractivity contribution in [3.05, 3.63) is 50.9 Å². The number of nitrogens with one attached hydrogen (secondary N) is 1. The van der Waals surface area contributed by atoms with Crippen LogP contribution in [-0.2, 0) is 0 Å². The van der Waals surface area contributed by atoms with Crippen LogP contribution in [0.2, 0.25) is 0 Å². The first-order chi connectivity index (χ1) is 13.5. The lowest BCUT2D eigenvalue weighted by atomic mass is 9.58. The minimum absolute atomic E-state index is 0.108. The number of hydrogen-bond acceptors (Lipinski definition) is 4. The molecule has 0 unspecified atom stereocenters. The molecule has 29 heavy (non-hydrogen) atoms. The van der Waals surface area contributed by atoms with Crippen molar-refractivity contribution in [3.63, 3.8) is 0 Å². The molecule has 0 amide bonds. The number of rotatable bonds is 4. The van der Waals surface area contributed by atoms with Crippen molar-refractivity contribution in [2.24, 2.45) is 23.2 Å². The van der Waals surface area contributed by atoms with Crippen LogP contribution >= 0.6 is 15.9 Å². The van der Waals surface area contributed by atoms with Gasteiger partial charge in [-0.1, -0.05) is 40.7 Å². The molecule has 0 saturated heterocycles. The van der Waals surface area contributed by atoms with Gasteiger partial charge in [0, 0.05) is 6.04 Å². The van der Waals surface area contributed by atoms with Crippen molar-refractivity contribution in [3.8, 4) is 5.69 Å². The smallest absolute Gasteiger partial charge is 0.335 e. The molecule has 2 N–H and O–H groups in total. The van der Waals surface area contributed by atoms with Crippen molar-refractivity contribution >= 4 is 27.6 Å². The number of hydrogen-bond donors (Lipinski definition) is 2. The van der Waals surface area contributed by atoms with Crippen molar-refractivity contribution in [2.45, 2.75) is 47.1 Å². The number of aromatic nitrogens is 2. The van der Waals surface area contributed by atoms with E-state index < -0.39 is 5.97 Å². The fraction of sp³-hybridized carbons (Fsp3) is 0.500. The Kier molecular flexibility index (Phi) is 5.90. The van der Waals surface area contributed by atoms with Gasteiger partial charge in [0.05, 0.1) is 23.1 Å². The van der Waals surface area contributed by atoms with Crippen molar-refractivity contribution in [2.75, 3.05) is 5.32 Å². The van der Waals surface area contributed by atoms with E-state index in [0.29, 0.717) is 33.6 Å². The van der Waals surface area contributed by atoms with Gasteiger partial charge in [-0.15, -0.1) is 0 Å². The molecule has 0 radical (unpaired) electrons. The van der Waals surface area contributed by atoms with E-state index in [9.17, 15) is 14.7 Å². The van der Waals surface area contributed by atoms with Crippen LogP contribution < -0.4 is 10.9 Å². The molecule has 1 aliphatic rings. The van der Waals surface area contributed by atoms with Crippen LogP contribution in [0.5, 0.6) is 0 Å². The molecule has 0 spiro atoms. The zero-order valence-electron chi connectivity index (χ0n) is 17.4. The Morgan fingerprint density at radius 3 is 2.66 bits per heavy atom. The van der Waals surface area contributed by atoms with Crippen LogP contribution in [0.25, 0.3) is 5.69 Å². The first-order valence-corrected chi connectivity index (χ1v) is 10.7. The lowest BCUT2D eigenvalue weighted by Crippen LogP contribution is -2.48. The summed E-state index contributed by atoms with van der Waals surface area (Å²) in [6.07, 6.45) is 2.65. The molecule has 1 saturated carbocycles. The Morgan fingerprint density at radius 1 is 1.31 bits per heavy atom. The maximum absolute atomic E-state index is 12.9. The average Bonchev–Trinajstić information content (AvgIpc) is 2.68. The van der Waals surface area contributed by atoms with Gasteiger partial charge in [0.2, 0.25) is 0 Å². The summed E-state index contributed by atoms with van der Waals surface area (Å²) in [6.45, 7) is 11.5. The van der Waals surface area contributed by atoms with Crippen LogP contribution in [0.1, 0.15) is 51.4 Å². The second kappa shape index (κ2) is 7.94. The molecule has 4 atom stereocenters. The summed E-state index contributed by atoms with van der Waals surface area (Å²) in [6, 6.07) is 6.42. The van der Waals surface area contributed by atoms with Gasteiger partial charge in [-0.3, -0.25) is 4.79 Å². The highest BCUT2D eigenvalue weighted by atomic mass is 79.9. The molecule has 1 heterocycles. The molecule has 1 aliphatic carbocycles. The van der Waals surface area contributed by atoms with Crippen molar-refractivity contribution in [1.82, 2.24) is 9.78 Å². The lowest BCUT2D eigenvalue weighted by molar-refractivity contribution is 0.0316. The number of carbonyl (C=O) groups is 1. The van der Waals surface area contributed by atoms with Gasteiger partial charge in [0.25, 0.3) is 5.56 Å². The predicted molar refractivity (Wildman–Crippen MR) is 118 cm³/mol. The Labute approximate surface area is 179 Å². The van der Waals surface area contributed by atoms with E-state index in [2.05, 4.69) is 61.0 Å². The lowest BCUT2D eigenvalue weighted by Gasteiger charge is -2.50. The second-order valence-corrected chi connectivity index (χ2v) is 9.59. The molecule has 0 bridgehead atoms. The van der Waals surface area contributed by atoms with E-state index in [1.54, 1.807) is 18.3 Å². The second-order valence-electron chi connectivity index (χ2n) is 8.80. The third-order valence-corrected chi connectivity index (χ3v) is 7.84. The standard InChI is InChI=1S/C22H28BrN3O3/c1-12-9-17(13(2)14(3)22(12,4)5)25-18-11-24-26(20(27)19(18)23)16-8-6-7-15(10-16)21(28)29/h6-8,10-14,17,25H,9H2,1-5H3,(H,28,29)/t12-,13+,14+,17+/m0/s1. The molecule has 6 nitrogen and oxygen atoms in total. The number of nitrogens with zero attached hydrogens (tertiary/aromatic N) is 2. The molecule has 1 aromatic heterocycles. The van der Waals surface area contributed by atoms with Gasteiger partial charge in [-0.2, -0.15) is 9.78 Å². The Hall–Kier alpha value is -2.15. The van der Waals surface area contributed by atoms with Gasteiger partial charge < -0.3 is 10.4 Å². The van der Waals surface area contributed by atoms with Crippen LogP contribution in [0.4, 0.5) is 5.69 Å². The van der Waals surface area contributed by atoms with E-state index in [0.717, 1.165) is 6.42 Å². The largest absolute Gasteiger partial charge is 0.478 e. The predicted octanol–water partition coefficient (Wildman–Crippen LogP) is 4.81. The third-order valence-electron chi connectivity index (χ3n) is 7.07. The summed E-state index contributed by atoms with van der Waals surface area (Å²) >= 11 is 3.42. The molecular weight excluding hydrogens is 434 g/mol. The van der Waals surface area contributed by atoms with Crippen LogP contribution in [0.15, 0.2) is 39.7 Å². The van der Waals surface area contributed by atoms with Crippen molar-refractivity contribution in [1.29, 1.82) is 0 Å². The van der Waals surface area contributed by atoms with Gasteiger partial charge in [0.15, 0.2) is 0 Å². The Morgan fingerprint density at radius 2 is 2.00 bits per heavy atom. The van der Waals surface area contributed by atoms with E-state index in [1.807, 2.05) is 0 Å². The number of benzene rings is 1. The third kappa shape index (κ3) is 3.97. The van der Waals surface area contributed by atoms with Crippen LogP contribution in [0.3, 0.4) is 0 Å². The minimum atomic E-state index is -1.05. The first-order valence-electron chi connectivity index (χ1n) is 9.92. The molecule has 0 aliphatic heterocycles. The SMILES string of the molecule is C[C@@H]1[C@@H](C)C(C)(C)[C@@H](C)C[C@H]1Nc1cnn(-c2cccc(C(=O)O)c2)c(=O)c1Br. The maximum Gasteiger partial charge on any atom is 0.335 e. The molecule has 1 fully saturated rings. The highest BCUT2D eigenvalue weighted by molar-refractivity contribution is 9.10. The van der Waals surface area contributed by atoms with Gasteiger partial charge >= 0.3 is 5.97 Å². The number of carboxylic acid groups (broad SMARTS) is 1. The molecule has 156 valence electrons. The highest BCUT2D eigenvalue weighted by Crippen LogP contribution is 2.48.